The number of fused-ring (bicyclic) bond motifs is 1. The van der Waals surface area contributed by atoms with Crippen molar-refractivity contribution in [3.8, 4) is 0 Å². The highest BCUT2D eigenvalue weighted by molar-refractivity contribution is 5.79. The summed E-state index contributed by atoms with van der Waals surface area (Å²) >= 11 is 0. The van der Waals surface area contributed by atoms with Crippen LogP contribution in [0, 0.1) is 16.0 Å². The van der Waals surface area contributed by atoms with Crippen LogP contribution >= 0.6 is 0 Å². The van der Waals surface area contributed by atoms with Gasteiger partial charge in [0.2, 0.25) is 5.91 Å². The lowest BCUT2D eigenvalue weighted by molar-refractivity contribution is -0.385. The summed E-state index contributed by atoms with van der Waals surface area (Å²) in [5.41, 5.74) is 3.19. The van der Waals surface area contributed by atoms with Gasteiger partial charge in [0.05, 0.1) is 11.3 Å². The average molecular weight is 381 g/mol. The van der Waals surface area contributed by atoms with Gasteiger partial charge < -0.3 is 5.32 Å². The maximum absolute atomic E-state index is 12.4. The van der Waals surface area contributed by atoms with E-state index in [9.17, 15) is 14.9 Å². The summed E-state index contributed by atoms with van der Waals surface area (Å²) in [6.07, 6.45) is 1.04. The molecular weight excluding hydrogens is 354 g/mol. The minimum atomic E-state index is -0.440. The number of rotatable bonds is 7. The van der Waals surface area contributed by atoms with E-state index in [0.717, 1.165) is 19.5 Å². The smallest absolute Gasteiger partial charge is 0.273 e. The van der Waals surface area contributed by atoms with Crippen molar-refractivity contribution in [2.45, 2.75) is 39.3 Å². The molecule has 1 unspecified atom stereocenters. The monoisotopic (exact) mass is 381 g/mol. The summed E-state index contributed by atoms with van der Waals surface area (Å²) in [6.45, 7) is 6.73. The minimum absolute atomic E-state index is 0.00861. The van der Waals surface area contributed by atoms with Gasteiger partial charge in [0.15, 0.2) is 0 Å². The van der Waals surface area contributed by atoms with E-state index in [4.69, 9.17) is 0 Å². The number of nitro benzene ring substituents is 1. The maximum Gasteiger partial charge on any atom is 0.273 e. The number of nitrogens with one attached hydrogen (secondary N) is 1. The summed E-state index contributed by atoms with van der Waals surface area (Å²) in [6, 6.07) is 15.1. The van der Waals surface area contributed by atoms with E-state index in [2.05, 4.69) is 48.3 Å². The van der Waals surface area contributed by atoms with Crippen LogP contribution < -0.4 is 5.32 Å². The van der Waals surface area contributed by atoms with Gasteiger partial charge in [0, 0.05) is 37.3 Å². The summed E-state index contributed by atoms with van der Waals surface area (Å²) in [5, 5.41) is 14.1. The zero-order valence-electron chi connectivity index (χ0n) is 16.4. The molecule has 1 N–H and O–H groups in total. The lowest BCUT2D eigenvalue weighted by Crippen LogP contribution is -2.48. The number of carbonyl (C=O) groups excluding carboxylic acids is 1. The first-order valence-electron chi connectivity index (χ1n) is 9.75. The minimum Gasteiger partial charge on any atom is -0.354 e. The molecule has 3 rings (SSSR count). The molecule has 6 nitrogen and oxygen atoms in total. The Morgan fingerprint density at radius 2 is 1.82 bits per heavy atom. The van der Waals surface area contributed by atoms with Crippen molar-refractivity contribution < 1.29 is 9.72 Å². The summed E-state index contributed by atoms with van der Waals surface area (Å²) < 4.78 is 0. The largest absolute Gasteiger partial charge is 0.354 e. The predicted octanol–water partition coefficient (Wildman–Crippen LogP) is 3.34. The number of carbonyl (C=O) groups is 1. The van der Waals surface area contributed by atoms with Crippen LogP contribution in [0.2, 0.25) is 0 Å². The van der Waals surface area contributed by atoms with E-state index in [1.165, 1.54) is 17.2 Å². The first-order chi connectivity index (χ1) is 13.5. The van der Waals surface area contributed by atoms with Crippen molar-refractivity contribution in [1.29, 1.82) is 0 Å². The molecule has 0 aromatic heterocycles. The quantitative estimate of drug-likeness (QED) is 0.590. The molecule has 148 valence electrons. The van der Waals surface area contributed by atoms with Crippen LogP contribution in [-0.2, 0) is 24.2 Å². The second-order valence-electron chi connectivity index (χ2n) is 7.67. The van der Waals surface area contributed by atoms with Crippen molar-refractivity contribution in [3.05, 3.63) is 75.3 Å². The van der Waals surface area contributed by atoms with E-state index >= 15 is 0 Å². The molecule has 0 saturated heterocycles. The number of nitro groups is 1. The molecule has 0 radical (unpaired) electrons. The number of nitrogens with zero attached hydrogens (tertiary/aromatic N) is 2. The number of hydrogen-bond donors (Lipinski definition) is 1. The Balaban J connectivity index is 1.61. The molecule has 28 heavy (non-hydrogen) atoms. The Morgan fingerprint density at radius 1 is 1.14 bits per heavy atom. The fourth-order valence-electron chi connectivity index (χ4n) is 3.88. The average Bonchev–Trinajstić information content (AvgIpc) is 2.68. The molecule has 1 amide bonds. The summed E-state index contributed by atoms with van der Waals surface area (Å²) in [7, 11) is 0. The standard InChI is InChI=1S/C22H27N3O3/c1-16(2)21(24-12-11-17-7-3-4-9-19(17)15-24)14-23-22(26)13-18-8-5-6-10-20(18)25(27)28/h3-10,16,21H,11-15H2,1-2H3,(H,23,26). The lowest BCUT2D eigenvalue weighted by Gasteiger charge is -2.38. The van der Waals surface area contributed by atoms with E-state index in [1.807, 2.05) is 0 Å². The summed E-state index contributed by atoms with van der Waals surface area (Å²) in [5.74, 6) is 0.203. The first-order valence-corrected chi connectivity index (χ1v) is 9.75. The van der Waals surface area contributed by atoms with Gasteiger partial charge in [-0.1, -0.05) is 56.3 Å². The number of amides is 1. The van der Waals surface area contributed by atoms with Gasteiger partial charge in [-0.05, 0) is 23.5 Å². The van der Waals surface area contributed by atoms with Gasteiger partial charge in [0.1, 0.15) is 0 Å². The highest BCUT2D eigenvalue weighted by atomic mass is 16.6. The Bertz CT molecular complexity index is 850. The third kappa shape index (κ3) is 4.75. The van der Waals surface area contributed by atoms with Gasteiger partial charge in [-0.2, -0.15) is 0 Å². The van der Waals surface area contributed by atoms with Crippen LogP contribution in [0.25, 0.3) is 0 Å². The second-order valence-corrected chi connectivity index (χ2v) is 7.67. The Morgan fingerprint density at radius 3 is 2.54 bits per heavy atom. The zero-order valence-corrected chi connectivity index (χ0v) is 16.4. The van der Waals surface area contributed by atoms with Crippen LogP contribution in [0.5, 0.6) is 0 Å². The molecule has 1 aliphatic rings. The van der Waals surface area contributed by atoms with Gasteiger partial charge in [-0.25, -0.2) is 0 Å². The molecule has 1 aliphatic heterocycles. The normalized spacial score (nSPS) is 15.1. The molecule has 1 heterocycles. The van der Waals surface area contributed by atoms with E-state index in [1.54, 1.807) is 18.2 Å². The predicted molar refractivity (Wildman–Crippen MR) is 109 cm³/mol. The van der Waals surface area contributed by atoms with Crippen LogP contribution in [0.15, 0.2) is 48.5 Å². The Hall–Kier alpha value is -2.73. The van der Waals surface area contributed by atoms with Gasteiger partial charge >= 0.3 is 0 Å². The van der Waals surface area contributed by atoms with Gasteiger partial charge in [-0.15, -0.1) is 0 Å². The number of benzene rings is 2. The molecular formula is C22H27N3O3. The lowest BCUT2D eigenvalue weighted by atomic mass is 9.95. The highest BCUT2D eigenvalue weighted by Crippen LogP contribution is 2.23. The maximum atomic E-state index is 12.4. The fraction of sp³-hybridized carbons (Fsp3) is 0.409. The van der Waals surface area contributed by atoms with Crippen molar-refractivity contribution in [3.63, 3.8) is 0 Å². The van der Waals surface area contributed by atoms with Crippen LogP contribution in [0.3, 0.4) is 0 Å². The third-order valence-electron chi connectivity index (χ3n) is 5.45. The van der Waals surface area contributed by atoms with Gasteiger partial charge in [-0.3, -0.25) is 19.8 Å². The van der Waals surface area contributed by atoms with Crippen LogP contribution in [0.1, 0.15) is 30.5 Å². The molecule has 2 aromatic rings. The van der Waals surface area contributed by atoms with Crippen molar-refractivity contribution in [1.82, 2.24) is 10.2 Å². The van der Waals surface area contributed by atoms with Crippen molar-refractivity contribution in [2.75, 3.05) is 13.1 Å². The highest BCUT2D eigenvalue weighted by Gasteiger charge is 2.26. The van der Waals surface area contributed by atoms with Crippen molar-refractivity contribution in [2.24, 2.45) is 5.92 Å². The molecule has 0 spiro atoms. The molecule has 1 atom stereocenters. The SMILES string of the molecule is CC(C)C(CNC(=O)Cc1ccccc1[N+](=O)[O-])N1CCc2ccccc2C1. The first kappa shape index (κ1) is 20.0. The van der Waals surface area contributed by atoms with Crippen molar-refractivity contribution >= 4 is 11.6 Å². The molecule has 2 aromatic carbocycles. The molecule has 0 aliphatic carbocycles. The fourth-order valence-corrected chi connectivity index (χ4v) is 3.88. The number of para-hydroxylation sites is 1. The van der Waals surface area contributed by atoms with E-state index < -0.39 is 4.92 Å². The second kappa shape index (κ2) is 8.97. The Labute approximate surface area is 165 Å². The zero-order chi connectivity index (χ0) is 20.1. The molecule has 0 bridgehead atoms. The molecule has 0 saturated carbocycles. The van der Waals surface area contributed by atoms with Crippen LogP contribution in [-0.4, -0.2) is 34.9 Å². The number of hydrogen-bond acceptors (Lipinski definition) is 4. The van der Waals surface area contributed by atoms with Gasteiger partial charge in [0.25, 0.3) is 5.69 Å². The summed E-state index contributed by atoms with van der Waals surface area (Å²) in [4.78, 5) is 25.6. The topological polar surface area (TPSA) is 75.5 Å². The van der Waals surface area contributed by atoms with E-state index in [-0.39, 0.29) is 24.1 Å². The molecule has 6 heteroatoms. The Kier molecular flexibility index (Phi) is 6.41. The molecule has 0 fully saturated rings. The third-order valence-corrected chi connectivity index (χ3v) is 5.45. The van der Waals surface area contributed by atoms with Crippen LogP contribution in [0.4, 0.5) is 5.69 Å². The van der Waals surface area contributed by atoms with E-state index in [0.29, 0.717) is 18.0 Å².